The van der Waals surface area contributed by atoms with Gasteiger partial charge in [-0.15, -0.1) is 0 Å². The number of carbonyl (C=O) groups is 1. The van der Waals surface area contributed by atoms with Crippen LogP contribution in [-0.4, -0.2) is 27.3 Å². The lowest BCUT2D eigenvalue weighted by Gasteiger charge is -2.06. The summed E-state index contributed by atoms with van der Waals surface area (Å²) in [4.78, 5) is 11.2. The van der Waals surface area contributed by atoms with Crippen LogP contribution in [-0.2, 0) is 10.0 Å². The van der Waals surface area contributed by atoms with Crippen LogP contribution in [0.3, 0.4) is 0 Å². The zero-order valence-corrected chi connectivity index (χ0v) is 11.2. The average molecular weight is 270 g/mol. The number of Topliss-reactive ketones (excluding diaryl/α,β-unsaturated/α-hetero) is 1. The molecule has 6 heteroatoms. The number of unbranched alkanes of at least 4 members (excludes halogenated alkanes) is 1. The molecule has 0 atom stereocenters. The van der Waals surface area contributed by atoms with Crippen LogP contribution in [0.1, 0.15) is 30.1 Å². The first-order chi connectivity index (χ1) is 8.47. The van der Waals surface area contributed by atoms with Gasteiger partial charge in [-0.05, 0) is 38.4 Å². The van der Waals surface area contributed by atoms with Crippen molar-refractivity contribution < 1.29 is 13.2 Å². The van der Waals surface area contributed by atoms with Crippen molar-refractivity contribution >= 4 is 15.8 Å². The Balaban J connectivity index is 2.70. The quantitative estimate of drug-likeness (QED) is 0.569. The topological polar surface area (TPSA) is 89.3 Å². The zero-order valence-electron chi connectivity index (χ0n) is 10.3. The van der Waals surface area contributed by atoms with Crippen molar-refractivity contribution in [1.29, 1.82) is 0 Å². The van der Waals surface area contributed by atoms with Crippen molar-refractivity contribution in [3.63, 3.8) is 0 Å². The Bertz CT molecular complexity index is 495. The van der Waals surface area contributed by atoms with Crippen molar-refractivity contribution in [1.82, 2.24) is 4.72 Å². The van der Waals surface area contributed by atoms with Gasteiger partial charge < -0.3 is 5.73 Å². The molecule has 5 nitrogen and oxygen atoms in total. The highest BCUT2D eigenvalue weighted by Crippen LogP contribution is 2.10. The van der Waals surface area contributed by atoms with Crippen LogP contribution in [0.15, 0.2) is 29.2 Å². The first kappa shape index (κ1) is 14.8. The van der Waals surface area contributed by atoms with Crippen LogP contribution in [0.25, 0.3) is 0 Å². The Morgan fingerprint density at radius 3 is 2.33 bits per heavy atom. The Morgan fingerprint density at radius 1 is 1.22 bits per heavy atom. The molecule has 0 unspecified atom stereocenters. The van der Waals surface area contributed by atoms with Crippen LogP contribution in [0.5, 0.6) is 0 Å². The van der Waals surface area contributed by atoms with Gasteiger partial charge in [-0.1, -0.05) is 12.1 Å². The summed E-state index contributed by atoms with van der Waals surface area (Å²) < 4.78 is 26.2. The van der Waals surface area contributed by atoms with Crippen LogP contribution in [0.4, 0.5) is 0 Å². The third kappa shape index (κ3) is 4.21. The van der Waals surface area contributed by atoms with Crippen LogP contribution in [0.2, 0.25) is 0 Å². The van der Waals surface area contributed by atoms with Gasteiger partial charge in [0.15, 0.2) is 5.78 Å². The molecule has 0 aliphatic carbocycles. The second-order valence-electron chi connectivity index (χ2n) is 3.97. The molecule has 0 aromatic heterocycles. The van der Waals surface area contributed by atoms with Crippen molar-refractivity contribution in [2.45, 2.75) is 24.7 Å². The Morgan fingerprint density at radius 2 is 1.83 bits per heavy atom. The fraction of sp³-hybridized carbons (Fsp3) is 0.417. The number of benzene rings is 1. The zero-order chi connectivity index (χ0) is 13.6. The van der Waals surface area contributed by atoms with Gasteiger partial charge in [0.05, 0.1) is 4.90 Å². The Kier molecular flexibility index (Phi) is 5.46. The second-order valence-corrected chi connectivity index (χ2v) is 5.74. The minimum Gasteiger partial charge on any atom is -0.330 e. The van der Waals surface area contributed by atoms with Gasteiger partial charge in [-0.25, -0.2) is 13.1 Å². The van der Waals surface area contributed by atoms with Gasteiger partial charge in [0.1, 0.15) is 0 Å². The van der Waals surface area contributed by atoms with E-state index in [0.29, 0.717) is 25.1 Å². The maximum absolute atomic E-state index is 11.8. The molecule has 0 bridgehead atoms. The number of carbonyl (C=O) groups excluding carboxylic acids is 1. The van der Waals surface area contributed by atoms with E-state index < -0.39 is 10.0 Å². The number of ketones is 1. The van der Waals surface area contributed by atoms with Crippen molar-refractivity contribution in [3.8, 4) is 0 Å². The van der Waals surface area contributed by atoms with Gasteiger partial charge in [-0.2, -0.15) is 0 Å². The maximum Gasteiger partial charge on any atom is 0.240 e. The van der Waals surface area contributed by atoms with Gasteiger partial charge >= 0.3 is 0 Å². The molecular weight excluding hydrogens is 252 g/mol. The van der Waals surface area contributed by atoms with E-state index in [4.69, 9.17) is 5.73 Å². The third-order valence-corrected chi connectivity index (χ3v) is 3.97. The Hall–Kier alpha value is -1.24. The number of rotatable bonds is 7. The van der Waals surface area contributed by atoms with E-state index in [0.717, 1.165) is 6.42 Å². The molecule has 1 aromatic carbocycles. The Labute approximate surface area is 107 Å². The van der Waals surface area contributed by atoms with Gasteiger partial charge in [0.25, 0.3) is 0 Å². The van der Waals surface area contributed by atoms with E-state index in [9.17, 15) is 13.2 Å². The molecule has 1 rings (SSSR count). The lowest BCUT2D eigenvalue weighted by Crippen LogP contribution is -2.25. The summed E-state index contributed by atoms with van der Waals surface area (Å²) in [6, 6.07) is 5.89. The molecule has 0 radical (unpaired) electrons. The van der Waals surface area contributed by atoms with Crippen LogP contribution in [0, 0.1) is 0 Å². The molecule has 0 aliphatic rings. The molecule has 0 saturated carbocycles. The van der Waals surface area contributed by atoms with E-state index in [2.05, 4.69) is 4.72 Å². The molecule has 0 spiro atoms. The summed E-state index contributed by atoms with van der Waals surface area (Å²) in [7, 11) is -3.49. The van der Waals surface area contributed by atoms with E-state index in [1.165, 1.54) is 31.2 Å². The maximum atomic E-state index is 11.8. The van der Waals surface area contributed by atoms with Gasteiger partial charge in [0.2, 0.25) is 10.0 Å². The summed E-state index contributed by atoms with van der Waals surface area (Å²) >= 11 is 0. The third-order valence-electron chi connectivity index (χ3n) is 2.49. The summed E-state index contributed by atoms with van der Waals surface area (Å²) in [5.41, 5.74) is 5.82. The van der Waals surface area contributed by atoms with E-state index in [1.54, 1.807) is 0 Å². The largest absolute Gasteiger partial charge is 0.330 e. The van der Waals surface area contributed by atoms with Crippen molar-refractivity contribution in [2.75, 3.05) is 13.1 Å². The predicted molar refractivity (Wildman–Crippen MR) is 69.9 cm³/mol. The first-order valence-corrected chi connectivity index (χ1v) is 7.26. The van der Waals surface area contributed by atoms with Gasteiger partial charge in [-0.3, -0.25) is 4.79 Å². The summed E-state index contributed by atoms with van der Waals surface area (Å²) in [6.07, 6.45) is 1.49. The number of sulfonamides is 1. The van der Waals surface area contributed by atoms with E-state index >= 15 is 0 Å². The molecule has 0 saturated heterocycles. The summed E-state index contributed by atoms with van der Waals surface area (Å²) in [5.74, 6) is -0.0881. The number of hydrogen-bond acceptors (Lipinski definition) is 4. The average Bonchev–Trinajstić information content (AvgIpc) is 2.35. The molecule has 18 heavy (non-hydrogen) atoms. The highest BCUT2D eigenvalue weighted by Gasteiger charge is 2.13. The lowest BCUT2D eigenvalue weighted by molar-refractivity contribution is 0.101. The summed E-state index contributed by atoms with van der Waals surface area (Å²) in [6.45, 7) is 2.36. The van der Waals surface area contributed by atoms with Crippen LogP contribution >= 0.6 is 0 Å². The molecule has 0 fully saturated rings. The van der Waals surface area contributed by atoms with Gasteiger partial charge in [0, 0.05) is 12.1 Å². The first-order valence-electron chi connectivity index (χ1n) is 5.78. The fourth-order valence-corrected chi connectivity index (χ4v) is 2.50. The minimum atomic E-state index is -3.49. The number of nitrogens with two attached hydrogens (primary N) is 1. The standard InChI is InChI=1S/C12H18N2O3S/c1-10(15)11-4-6-12(7-5-11)18(16,17)14-9-3-2-8-13/h4-7,14H,2-3,8-9,13H2,1H3. The minimum absolute atomic E-state index is 0.0881. The lowest BCUT2D eigenvalue weighted by atomic mass is 10.2. The van der Waals surface area contributed by atoms with E-state index in [1.807, 2.05) is 0 Å². The molecule has 3 N–H and O–H groups in total. The van der Waals surface area contributed by atoms with Crippen molar-refractivity contribution in [2.24, 2.45) is 5.73 Å². The number of nitrogens with one attached hydrogen (secondary N) is 1. The smallest absolute Gasteiger partial charge is 0.240 e. The molecule has 1 aromatic rings. The van der Waals surface area contributed by atoms with Crippen LogP contribution < -0.4 is 10.5 Å². The van der Waals surface area contributed by atoms with Crippen molar-refractivity contribution in [3.05, 3.63) is 29.8 Å². The predicted octanol–water partition coefficient (Wildman–Crippen LogP) is 0.906. The molecule has 100 valence electrons. The molecule has 0 aliphatic heterocycles. The highest BCUT2D eigenvalue weighted by molar-refractivity contribution is 7.89. The second kappa shape index (κ2) is 6.63. The molecule has 0 amide bonds. The molecular formula is C12H18N2O3S. The SMILES string of the molecule is CC(=O)c1ccc(S(=O)(=O)NCCCCN)cc1. The van der Waals surface area contributed by atoms with E-state index in [-0.39, 0.29) is 10.7 Å². The summed E-state index contributed by atoms with van der Waals surface area (Å²) in [5, 5.41) is 0. The fourth-order valence-electron chi connectivity index (χ4n) is 1.43. The monoisotopic (exact) mass is 270 g/mol. The normalized spacial score (nSPS) is 11.4. The highest BCUT2D eigenvalue weighted by atomic mass is 32.2. The number of hydrogen-bond donors (Lipinski definition) is 2. The molecule has 0 heterocycles.